The van der Waals surface area contributed by atoms with Gasteiger partial charge in [0.1, 0.15) is 5.82 Å². The van der Waals surface area contributed by atoms with Crippen molar-refractivity contribution < 1.29 is 9.59 Å². The quantitative estimate of drug-likeness (QED) is 0.822. The first kappa shape index (κ1) is 18.5. The molecule has 2 amide bonds. The number of hydrogen-bond acceptors (Lipinski definition) is 6. The first-order chi connectivity index (χ1) is 13.5. The molecular formula is C21H25N5O2. The predicted octanol–water partition coefficient (Wildman–Crippen LogP) is 3.03. The van der Waals surface area contributed by atoms with Gasteiger partial charge in [-0.25, -0.2) is 9.97 Å². The molecule has 2 aromatic rings. The van der Waals surface area contributed by atoms with E-state index < -0.39 is 0 Å². The van der Waals surface area contributed by atoms with Crippen molar-refractivity contribution in [3.63, 3.8) is 0 Å². The number of anilines is 1. The van der Waals surface area contributed by atoms with Crippen molar-refractivity contribution >= 4 is 17.6 Å². The molecule has 7 nitrogen and oxygen atoms in total. The van der Waals surface area contributed by atoms with Gasteiger partial charge in [-0.2, -0.15) is 0 Å². The Hall–Kier alpha value is -2.83. The zero-order valence-electron chi connectivity index (χ0n) is 16.3. The molecule has 7 heteroatoms. The third-order valence-electron chi connectivity index (χ3n) is 5.80. The van der Waals surface area contributed by atoms with Crippen molar-refractivity contribution in [2.45, 2.75) is 64.5 Å². The number of imide groups is 1. The van der Waals surface area contributed by atoms with Crippen molar-refractivity contribution in [3.05, 3.63) is 35.8 Å². The Morgan fingerprint density at radius 3 is 2.39 bits per heavy atom. The molecule has 0 radical (unpaired) electrons. The maximum atomic E-state index is 12.0. The molecule has 2 aliphatic rings. The maximum absolute atomic E-state index is 12.0. The van der Waals surface area contributed by atoms with Crippen molar-refractivity contribution in [1.82, 2.24) is 19.9 Å². The molecule has 28 heavy (non-hydrogen) atoms. The number of aromatic nitrogens is 3. The van der Waals surface area contributed by atoms with Crippen LogP contribution in [0.3, 0.4) is 0 Å². The fraction of sp³-hybridized carbons (Fsp3) is 0.476. The van der Waals surface area contributed by atoms with Gasteiger partial charge in [0.2, 0.25) is 11.8 Å². The molecular weight excluding hydrogens is 354 g/mol. The Kier molecular flexibility index (Phi) is 5.07. The summed E-state index contributed by atoms with van der Waals surface area (Å²) in [6.07, 6.45) is 7.74. The number of likely N-dealkylation sites (tertiary alicyclic amines) is 1. The van der Waals surface area contributed by atoms with Crippen molar-refractivity contribution in [1.29, 1.82) is 0 Å². The van der Waals surface area contributed by atoms with E-state index >= 15 is 0 Å². The molecule has 0 unspecified atom stereocenters. The largest absolute Gasteiger partial charge is 0.367 e. The number of nitrogens with zero attached hydrogens (tertiary/aromatic N) is 4. The Balaban J connectivity index is 1.46. The van der Waals surface area contributed by atoms with E-state index in [2.05, 4.69) is 15.3 Å². The van der Waals surface area contributed by atoms with E-state index in [1.165, 1.54) is 4.90 Å². The van der Waals surface area contributed by atoms with E-state index in [9.17, 15) is 9.59 Å². The monoisotopic (exact) mass is 379 g/mol. The van der Waals surface area contributed by atoms with Gasteiger partial charge in [-0.1, -0.05) is 0 Å². The number of carbonyl (C=O) groups is 2. The van der Waals surface area contributed by atoms with Gasteiger partial charge in [0, 0.05) is 54.1 Å². The standard InChI is InChI=1S/C21H25N5O2/c1-13-14(2)23-21(15-4-3-11-22-12-15)25-20(13)24-16-5-7-17(8-6-16)26-18(27)9-10-19(26)28/h3-4,11-12,16-17H,5-10H2,1-2H3,(H,23,24,25). The SMILES string of the molecule is Cc1nc(-c2cccnc2)nc(NC2CCC(N3C(=O)CCC3=O)CC2)c1C. The summed E-state index contributed by atoms with van der Waals surface area (Å²) in [6, 6.07) is 4.16. The van der Waals surface area contributed by atoms with Gasteiger partial charge in [-0.05, 0) is 51.7 Å². The summed E-state index contributed by atoms with van der Waals surface area (Å²) in [5.41, 5.74) is 2.88. The van der Waals surface area contributed by atoms with E-state index in [0.29, 0.717) is 18.7 Å². The summed E-state index contributed by atoms with van der Waals surface area (Å²) in [4.78, 5) is 39.0. The number of amides is 2. The highest BCUT2D eigenvalue weighted by Crippen LogP contribution is 2.30. The Bertz CT molecular complexity index is 875. The summed E-state index contributed by atoms with van der Waals surface area (Å²) in [5.74, 6) is 1.50. The Morgan fingerprint density at radius 2 is 1.75 bits per heavy atom. The first-order valence-electron chi connectivity index (χ1n) is 9.90. The molecule has 1 saturated carbocycles. The Labute approximate surface area is 164 Å². The molecule has 2 fully saturated rings. The molecule has 4 rings (SSSR count). The van der Waals surface area contributed by atoms with Crippen LogP contribution in [0.25, 0.3) is 11.4 Å². The van der Waals surface area contributed by atoms with E-state index in [-0.39, 0.29) is 23.9 Å². The van der Waals surface area contributed by atoms with Crippen LogP contribution in [-0.2, 0) is 9.59 Å². The molecule has 1 aliphatic heterocycles. The van der Waals surface area contributed by atoms with Crippen LogP contribution < -0.4 is 5.32 Å². The second kappa shape index (κ2) is 7.66. The van der Waals surface area contributed by atoms with Gasteiger partial charge in [-0.3, -0.25) is 19.5 Å². The molecule has 3 heterocycles. The van der Waals surface area contributed by atoms with Gasteiger partial charge in [0.25, 0.3) is 0 Å². The van der Waals surface area contributed by atoms with E-state index in [0.717, 1.165) is 48.3 Å². The van der Waals surface area contributed by atoms with Crippen molar-refractivity contribution in [2.24, 2.45) is 0 Å². The lowest BCUT2D eigenvalue weighted by molar-refractivity contribution is -0.141. The molecule has 0 aromatic carbocycles. The summed E-state index contributed by atoms with van der Waals surface area (Å²) < 4.78 is 0. The molecule has 0 bridgehead atoms. The molecule has 0 atom stereocenters. The molecule has 2 aromatic heterocycles. The molecule has 0 spiro atoms. The highest BCUT2D eigenvalue weighted by Gasteiger charge is 2.36. The van der Waals surface area contributed by atoms with E-state index in [4.69, 9.17) is 4.98 Å². The van der Waals surface area contributed by atoms with Crippen LogP contribution in [0.2, 0.25) is 0 Å². The van der Waals surface area contributed by atoms with Crippen LogP contribution in [0, 0.1) is 13.8 Å². The van der Waals surface area contributed by atoms with Crippen LogP contribution in [0.5, 0.6) is 0 Å². The second-order valence-corrected chi connectivity index (χ2v) is 7.66. The van der Waals surface area contributed by atoms with Gasteiger partial charge < -0.3 is 5.32 Å². The minimum absolute atomic E-state index is 0.00945. The zero-order valence-corrected chi connectivity index (χ0v) is 16.3. The van der Waals surface area contributed by atoms with Crippen LogP contribution >= 0.6 is 0 Å². The van der Waals surface area contributed by atoms with Crippen LogP contribution in [0.15, 0.2) is 24.5 Å². The molecule has 1 aliphatic carbocycles. The number of rotatable bonds is 4. The molecule has 146 valence electrons. The van der Waals surface area contributed by atoms with Gasteiger partial charge in [-0.15, -0.1) is 0 Å². The minimum Gasteiger partial charge on any atom is -0.367 e. The third kappa shape index (κ3) is 3.61. The third-order valence-corrected chi connectivity index (χ3v) is 5.80. The number of aryl methyl sites for hydroxylation is 1. The number of hydrogen-bond donors (Lipinski definition) is 1. The topological polar surface area (TPSA) is 88.1 Å². The fourth-order valence-electron chi connectivity index (χ4n) is 4.07. The first-order valence-corrected chi connectivity index (χ1v) is 9.90. The lowest BCUT2D eigenvalue weighted by Crippen LogP contribution is -2.43. The highest BCUT2D eigenvalue weighted by molar-refractivity contribution is 6.02. The molecule has 1 N–H and O–H groups in total. The highest BCUT2D eigenvalue weighted by atomic mass is 16.2. The van der Waals surface area contributed by atoms with Crippen LogP contribution in [0.1, 0.15) is 49.8 Å². The van der Waals surface area contributed by atoms with E-state index in [1.807, 2.05) is 26.0 Å². The van der Waals surface area contributed by atoms with Crippen LogP contribution in [0.4, 0.5) is 5.82 Å². The maximum Gasteiger partial charge on any atom is 0.229 e. The van der Waals surface area contributed by atoms with Crippen molar-refractivity contribution in [3.8, 4) is 11.4 Å². The minimum atomic E-state index is -0.00945. The normalized spacial score (nSPS) is 22.6. The summed E-state index contributed by atoms with van der Waals surface area (Å²) in [5, 5.41) is 3.57. The Morgan fingerprint density at radius 1 is 1.04 bits per heavy atom. The number of nitrogens with one attached hydrogen (secondary N) is 1. The zero-order chi connectivity index (χ0) is 19.7. The molecule has 1 saturated heterocycles. The summed E-state index contributed by atoms with van der Waals surface area (Å²) in [6.45, 7) is 4.02. The van der Waals surface area contributed by atoms with Gasteiger partial charge >= 0.3 is 0 Å². The summed E-state index contributed by atoms with van der Waals surface area (Å²) >= 11 is 0. The summed E-state index contributed by atoms with van der Waals surface area (Å²) in [7, 11) is 0. The van der Waals surface area contributed by atoms with Gasteiger partial charge in [0.15, 0.2) is 5.82 Å². The predicted molar refractivity (Wildman–Crippen MR) is 105 cm³/mol. The van der Waals surface area contributed by atoms with Gasteiger partial charge in [0.05, 0.1) is 0 Å². The average molecular weight is 379 g/mol. The average Bonchev–Trinajstić information content (AvgIpc) is 3.05. The number of carbonyl (C=O) groups excluding carboxylic acids is 2. The lowest BCUT2D eigenvalue weighted by atomic mass is 9.90. The fourth-order valence-corrected chi connectivity index (χ4v) is 4.07. The van der Waals surface area contributed by atoms with Crippen LogP contribution in [-0.4, -0.2) is 43.7 Å². The van der Waals surface area contributed by atoms with E-state index in [1.54, 1.807) is 12.4 Å². The van der Waals surface area contributed by atoms with Crippen molar-refractivity contribution in [2.75, 3.05) is 5.32 Å². The lowest BCUT2D eigenvalue weighted by Gasteiger charge is -2.34. The smallest absolute Gasteiger partial charge is 0.229 e. The second-order valence-electron chi connectivity index (χ2n) is 7.66. The number of pyridine rings is 1.